The van der Waals surface area contributed by atoms with Gasteiger partial charge in [-0.3, -0.25) is 4.90 Å². The van der Waals surface area contributed by atoms with Crippen LogP contribution in [0.25, 0.3) is 0 Å². The van der Waals surface area contributed by atoms with Crippen molar-refractivity contribution >= 4 is 18.0 Å². The van der Waals surface area contributed by atoms with Gasteiger partial charge < -0.3 is 9.94 Å². The largest absolute Gasteiger partial charge is 0.443 e. The van der Waals surface area contributed by atoms with Gasteiger partial charge in [0.25, 0.3) is 0 Å². The van der Waals surface area contributed by atoms with Gasteiger partial charge in [-0.25, -0.2) is 4.79 Å². The molecular weight excluding hydrogens is 256 g/mol. The van der Waals surface area contributed by atoms with Crippen LogP contribution in [-0.4, -0.2) is 29.7 Å². The number of hydrogen-bond acceptors (Lipinski definition) is 4. The van der Waals surface area contributed by atoms with E-state index in [1.54, 1.807) is 4.90 Å². The number of amides is 1. The fraction of sp³-hybridized carbons (Fsp3) is 0.467. The third-order valence-electron chi connectivity index (χ3n) is 3.04. The highest BCUT2D eigenvalue weighted by molar-refractivity contribution is 5.90. The van der Waals surface area contributed by atoms with E-state index in [4.69, 9.17) is 9.94 Å². The summed E-state index contributed by atoms with van der Waals surface area (Å²) in [7, 11) is 0. The van der Waals surface area contributed by atoms with E-state index in [1.165, 1.54) is 6.21 Å². The smallest absolute Gasteiger partial charge is 0.414 e. The molecule has 0 bridgehead atoms. The van der Waals surface area contributed by atoms with Crippen LogP contribution in [0.4, 0.5) is 10.5 Å². The molecule has 1 heterocycles. The van der Waals surface area contributed by atoms with Gasteiger partial charge in [0.05, 0.1) is 11.9 Å². The molecule has 1 N–H and O–H groups in total. The van der Waals surface area contributed by atoms with E-state index in [-0.39, 0.29) is 6.09 Å². The number of fused-ring (bicyclic) bond motifs is 1. The Morgan fingerprint density at radius 2 is 2.20 bits per heavy atom. The third-order valence-corrected chi connectivity index (χ3v) is 3.04. The summed E-state index contributed by atoms with van der Waals surface area (Å²) in [4.78, 5) is 13.9. The lowest BCUT2D eigenvalue weighted by Gasteiger charge is -2.31. The Kier molecular flexibility index (Phi) is 3.97. The van der Waals surface area contributed by atoms with Crippen molar-refractivity contribution in [1.82, 2.24) is 0 Å². The second-order valence-corrected chi connectivity index (χ2v) is 5.87. The molecule has 20 heavy (non-hydrogen) atoms. The van der Waals surface area contributed by atoms with Gasteiger partial charge in [0.1, 0.15) is 5.60 Å². The van der Waals surface area contributed by atoms with E-state index in [1.807, 2.05) is 39.0 Å². The molecule has 1 aliphatic rings. The summed E-state index contributed by atoms with van der Waals surface area (Å²) in [6.07, 6.45) is 2.86. The van der Waals surface area contributed by atoms with Crippen LogP contribution in [-0.2, 0) is 11.2 Å². The standard InChI is InChI=1S/C15H20N2O3/c1-15(2,3)20-14(18)17-8-4-5-12-9-11(10-16-19)6-7-13(12)17/h6-7,9-10,19H,4-5,8H2,1-3H3. The van der Waals surface area contributed by atoms with E-state index in [9.17, 15) is 4.79 Å². The van der Waals surface area contributed by atoms with Gasteiger partial charge in [-0.2, -0.15) is 0 Å². The van der Waals surface area contributed by atoms with Crippen LogP contribution in [0.3, 0.4) is 0 Å². The molecule has 0 spiro atoms. The minimum atomic E-state index is -0.502. The highest BCUT2D eigenvalue weighted by Crippen LogP contribution is 2.29. The molecule has 1 amide bonds. The molecule has 0 saturated carbocycles. The van der Waals surface area contributed by atoms with Crippen molar-refractivity contribution in [3.63, 3.8) is 0 Å². The maximum absolute atomic E-state index is 12.2. The molecule has 0 aromatic heterocycles. The Bertz CT molecular complexity index is 532. The summed E-state index contributed by atoms with van der Waals surface area (Å²) in [5.74, 6) is 0. The van der Waals surface area contributed by atoms with Crippen LogP contribution in [0.2, 0.25) is 0 Å². The van der Waals surface area contributed by atoms with Crippen molar-refractivity contribution in [2.75, 3.05) is 11.4 Å². The summed E-state index contributed by atoms with van der Waals surface area (Å²) in [6, 6.07) is 5.63. The number of carbonyl (C=O) groups excluding carboxylic acids is 1. The quantitative estimate of drug-likeness (QED) is 0.487. The summed E-state index contributed by atoms with van der Waals surface area (Å²) in [5, 5.41) is 11.6. The molecule has 1 aliphatic heterocycles. The van der Waals surface area contributed by atoms with E-state index in [0.29, 0.717) is 6.54 Å². The van der Waals surface area contributed by atoms with Crippen LogP contribution in [0.1, 0.15) is 38.3 Å². The Morgan fingerprint density at radius 1 is 1.45 bits per heavy atom. The molecule has 1 aromatic rings. The summed E-state index contributed by atoms with van der Waals surface area (Å²) in [5.41, 5.74) is 2.26. The number of hydrogen-bond donors (Lipinski definition) is 1. The lowest BCUT2D eigenvalue weighted by atomic mass is 10.00. The van der Waals surface area contributed by atoms with Crippen LogP contribution in [0, 0.1) is 0 Å². The zero-order chi connectivity index (χ0) is 14.8. The van der Waals surface area contributed by atoms with Crippen molar-refractivity contribution in [2.45, 2.75) is 39.2 Å². The highest BCUT2D eigenvalue weighted by atomic mass is 16.6. The first-order chi connectivity index (χ1) is 9.40. The molecule has 0 aliphatic carbocycles. The summed E-state index contributed by atoms with van der Waals surface area (Å²) in [6.45, 7) is 6.24. The molecule has 108 valence electrons. The molecule has 2 rings (SSSR count). The Morgan fingerprint density at radius 3 is 2.85 bits per heavy atom. The normalized spacial score (nSPS) is 15.2. The van der Waals surface area contributed by atoms with Crippen molar-refractivity contribution in [3.8, 4) is 0 Å². The van der Waals surface area contributed by atoms with Gasteiger partial charge >= 0.3 is 6.09 Å². The predicted molar refractivity (Wildman–Crippen MR) is 77.7 cm³/mol. The minimum Gasteiger partial charge on any atom is -0.443 e. The van der Waals surface area contributed by atoms with Gasteiger partial charge in [0.2, 0.25) is 0 Å². The Labute approximate surface area is 118 Å². The van der Waals surface area contributed by atoms with Gasteiger partial charge in [0.15, 0.2) is 0 Å². The maximum atomic E-state index is 12.2. The van der Waals surface area contributed by atoms with Gasteiger partial charge in [-0.15, -0.1) is 0 Å². The molecule has 0 radical (unpaired) electrons. The summed E-state index contributed by atoms with van der Waals surface area (Å²) < 4.78 is 5.43. The molecule has 1 aromatic carbocycles. The second kappa shape index (κ2) is 5.53. The van der Waals surface area contributed by atoms with Crippen LogP contribution in [0.5, 0.6) is 0 Å². The first kappa shape index (κ1) is 14.4. The molecule has 5 nitrogen and oxygen atoms in total. The van der Waals surface area contributed by atoms with E-state index < -0.39 is 5.60 Å². The maximum Gasteiger partial charge on any atom is 0.414 e. The monoisotopic (exact) mass is 276 g/mol. The molecule has 0 unspecified atom stereocenters. The lowest BCUT2D eigenvalue weighted by molar-refractivity contribution is 0.0578. The van der Waals surface area contributed by atoms with Crippen molar-refractivity contribution in [3.05, 3.63) is 29.3 Å². The first-order valence-electron chi connectivity index (χ1n) is 6.71. The van der Waals surface area contributed by atoms with Crippen molar-refractivity contribution in [2.24, 2.45) is 5.16 Å². The fourth-order valence-corrected chi connectivity index (χ4v) is 2.27. The average Bonchev–Trinajstić information content (AvgIpc) is 2.36. The van der Waals surface area contributed by atoms with Gasteiger partial charge in [0, 0.05) is 6.54 Å². The SMILES string of the molecule is CC(C)(C)OC(=O)N1CCCc2cc(C=NO)ccc21. The Hall–Kier alpha value is -2.04. The second-order valence-electron chi connectivity index (χ2n) is 5.87. The number of benzene rings is 1. The number of ether oxygens (including phenoxy) is 1. The summed E-state index contributed by atoms with van der Waals surface area (Å²) >= 11 is 0. The first-order valence-corrected chi connectivity index (χ1v) is 6.71. The van der Waals surface area contributed by atoms with Crippen LogP contribution < -0.4 is 4.90 Å². The van der Waals surface area contributed by atoms with Crippen LogP contribution >= 0.6 is 0 Å². The highest BCUT2D eigenvalue weighted by Gasteiger charge is 2.27. The van der Waals surface area contributed by atoms with Gasteiger partial charge in [-0.1, -0.05) is 11.2 Å². The number of carbonyl (C=O) groups is 1. The van der Waals surface area contributed by atoms with E-state index in [2.05, 4.69) is 5.16 Å². The zero-order valence-electron chi connectivity index (χ0n) is 12.1. The predicted octanol–water partition coefficient (Wildman–Crippen LogP) is 3.18. The molecule has 0 saturated heterocycles. The van der Waals surface area contributed by atoms with E-state index in [0.717, 1.165) is 29.7 Å². The number of oxime groups is 1. The Balaban J connectivity index is 2.26. The topological polar surface area (TPSA) is 62.1 Å². The van der Waals surface area contributed by atoms with Crippen molar-refractivity contribution < 1.29 is 14.7 Å². The molecule has 0 atom stereocenters. The molecule has 5 heteroatoms. The fourth-order valence-electron chi connectivity index (χ4n) is 2.27. The van der Waals surface area contributed by atoms with E-state index >= 15 is 0 Å². The lowest BCUT2D eigenvalue weighted by Crippen LogP contribution is -2.39. The number of rotatable bonds is 1. The average molecular weight is 276 g/mol. The van der Waals surface area contributed by atoms with Gasteiger partial charge in [-0.05, 0) is 56.9 Å². The minimum absolute atomic E-state index is 0.318. The number of anilines is 1. The van der Waals surface area contributed by atoms with Crippen LogP contribution in [0.15, 0.2) is 23.4 Å². The molecular formula is C15H20N2O3. The number of nitrogens with zero attached hydrogens (tertiary/aromatic N) is 2. The number of aryl methyl sites for hydroxylation is 1. The molecule has 0 fully saturated rings. The van der Waals surface area contributed by atoms with Crippen molar-refractivity contribution in [1.29, 1.82) is 0 Å². The zero-order valence-corrected chi connectivity index (χ0v) is 12.1. The third kappa shape index (κ3) is 3.29.